The van der Waals surface area contributed by atoms with Gasteiger partial charge in [-0.2, -0.15) is 0 Å². The average molecular weight is 301 g/mol. The van der Waals surface area contributed by atoms with Crippen LogP contribution in [0.25, 0.3) is 10.8 Å². The lowest BCUT2D eigenvalue weighted by atomic mass is 9.92. The first-order chi connectivity index (χ1) is 10.5. The van der Waals surface area contributed by atoms with E-state index >= 15 is 0 Å². The number of carbonyl (C=O) groups excluding carboxylic acids is 2. The van der Waals surface area contributed by atoms with E-state index in [1.54, 1.807) is 18.2 Å². The number of aliphatic hydroxyl groups excluding tert-OH is 2. The number of fused-ring (bicyclic) bond motifs is 1. The maximum Gasteiger partial charge on any atom is 0.216 e. The highest BCUT2D eigenvalue weighted by Gasteiger charge is 2.23. The fourth-order valence-corrected chi connectivity index (χ4v) is 2.49. The number of rotatable bonds is 6. The Morgan fingerprint density at radius 1 is 1.23 bits per heavy atom. The lowest BCUT2D eigenvalue weighted by Gasteiger charge is -2.21. The molecule has 0 saturated carbocycles. The number of benzene rings is 2. The van der Waals surface area contributed by atoms with Gasteiger partial charge in [-0.1, -0.05) is 36.4 Å². The van der Waals surface area contributed by atoms with Crippen LogP contribution in [0.1, 0.15) is 35.4 Å². The minimum atomic E-state index is -1.19. The maximum absolute atomic E-state index is 11.3. The Morgan fingerprint density at radius 2 is 1.95 bits per heavy atom. The molecular formula is C17H19NO4. The molecule has 5 nitrogen and oxygen atoms in total. The Morgan fingerprint density at radius 3 is 2.64 bits per heavy atom. The minimum Gasteiger partial charge on any atom is -0.390 e. The van der Waals surface area contributed by atoms with Gasteiger partial charge in [0.05, 0.1) is 6.10 Å². The van der Waals surface area contributed by atoms with Crippen molar-refractivity contribution in [2.45, 2.75) is 25.6 Å². The second kappa shape index (κ2) is 7.15. The van der Waals surface area contributed by atoms with Crippen molar-refractivity contribution in [3.8, 4) is 0 Å². The quantitative estimate of drug-likeness (QED) is 0.707. The van der Waals surface area contributed by atoms with Crippen molar-refractivity contribution in [2.75, 3.05) is 6.54 Å². The highest BCUT2D eigenvalue weighted by atomic mass is 16.3. The van der Waals surface area contributed by atoms with Crippen molar-refractivity contribution >= 4 is 23.0 Å². The molecular weight excluding hydrogens is 282 g/mol. The molecule has 2 aromatic rings. The molecule has 0 radical (unpaired) electrons. The summed E-state index contributed by atoms with van der Waals surface area (Å²) >= 11 is 0. The highest BCUT2D eigenvalue weighted by Crippen LogP contribution is 2.30. The molecule has 0 aliphatic heterocycles. The Bertz CT molecular complexity index is 683. The zero-order valence-electron chi connectivity index (χ0n) is 12.3. The number of hydrogen-bond acceptors (Lipinski definition) is 4. The molecule has 116 valence electrons. The van der Waals surface area contributed by atoms with Gasteiger partial charge in [0.2, 0.25) is 5.91 Å². The van der Waals surface area contributed by atoms with Crippen LogP contribution in [-0.2, 0) is 4.79 Å². The summed E-state index contributed by atoms with van der Waals surface area (Å²) in [5.74, 6) is -0.194. The second-order valence-electron chi connectivity index (χ2n) is 5.19. The lowest BCUT2D eigenvalue weighted by molar-refractivity contribution is -0.119. The van der Waals surface area contributed by atoms with Gasteiger partial charge in [0.1, 0.15) is 12.4 Å². The van der Waals surface area contributed by atoms with Crippen LogP contribution in [0.5, 0.6) is 0 Å². The molecule has 5 heteroatoms. The van der Waals surface area contributed by atoms with E-state index in [-0.39, 0.29) is 18.9 Å². The van der Waals surface area contributed by atoms with Crippen molar-refractivity contribution in [2.24, 2.45) is 0 Å². The zero-order valence-corrected chi connectivity index (χ0v) is 12.3. The van der Waals surface area contributed by atoms with E-state index < -0.39 is 12.2 Å². The third kappa shape index (κ3) is 3.50. The van der Waals surface area contributed by atoms with Crippen molar-refractivity contribution < 1.29 is 19.8 Å². The average Bonchev–Trinajstić information content (AvgIpc) is 2.52. The summed E-state index contributed by atoms with van der Waals surface area (Å²) < 4.78 is 0. The molecule has 0 aliphatic carbocycles. The lowest BCUT2D eigenvalue weighted by Crippen LogP contribution is -2.28. The zero-order chi connectivity index (χ0) is 16.1. The van der Waals surface area contributed by atoms with E-state index in [4.69, 9.17) is 0 Å². The van der Waals surface area contributed by atoms with E-state index in [1.165, 1.54) is 6.92 Å². The number of hydrogen-bond donors (Lipinski definition) is 3. The molecule has 3 N–H and O–H groups in total. The fraction of sp³-hybridized carbons (Fsp3) is 0.294. The van der Waals surface area contributed by atoms with Gasteiger partial charge in [-0.05, 0) is 17.2 Å². The first-order valence-corrected chi connectivity index (χ1v) is 7.12. The normalized spacial score (nSPS) is 13.6. The van der Waals surface area contributed by atoms with E-state index in [2.05, 4.69) is 5.32 Å². The van der Waals surface area contributed by atoms with Crippen LogP contribution in [0, 0.1) is 0 Å². The molecule has 0 spiro atoms. The van der Waals surface area contributed by atoms with Crippen LogP contribution in [0.4, 0.5) is 0 Å². The molecule has 0 bridgehead atoms. The second-order valence-corrected chi connectivity index (χ2v) is 5.19. The van der Waals surface area contributed by atoms with Crippen LogP contribution in [0.15, 0.2) is 36.4 Å². The van der Waals surface area contributed by atoms with Crippen molar-refractivity contribution in [3.63, 3.8) is 0 Å². The predicted molar refractivity (Wildman–Crippen MR) is 83.6 cm³/mol. The number of aldehydes is 1. The smallest absolute Gasteiger partial charge is 0.216 e. The van der Waals surface area contributed by atoms with Gasteiger partial charge >= 0.3 is 0 Å². The van der Waals surface area contributed by atoms with Gasteiger partial charge < -0.3 is 15.5 Å². The fourth-order valence-electron chi connectivity index (χ4n) is 2.49. The molecule has 2 unspecified atom stereocenters. The van der Waals surface area contributed by atoms with Gasteiger partial charge in [0.25, 0.3) is 0 Å². The summed E-state index contributed by atoms with van der Waals surface area (Å²) in [6, 6.07) is 10.8. The Hall–Kier alpha value is -2.24. The van der Waals surface area contributed by atoms with Crippen LogP contribution < -0.4 is 5.32 Å². The molecule has 2 aromatic carbocycles. The SMILES string of the molecule is CC(=O)NCCC(O)C(O)c1c(C=O)ccc2ccccc12. The number of aliphatic hydroxyl groups is 2. The topological polar surface area (TPSA) is 86.6 Å². The summed E-state index contributed by atoms with van der Waals surface area (Å²) in [4.78, 5) is 22.1. The van der Waals surface area contributed by atoms with E-state index in [1.807, 2.05) is 18.2 Å². The van der Waals surface area contributed by atoms with Crippen molar-refractivity contribution in [3.05, 3.63) is 47.5 Å². The third-order valence-corrected chi connectivity index (χ3v) is 3.61. The first-order valence-electron chi connectivity index (χ1n) is 7.12. The van der Waals surface area contributed by atoms with Crippen molar-refractivity contribution in [1.29, 1.82) is 0 Å². The summed E-state index contributed by atoms with van der Waals surface area (Å²) in [7, 11) is 0. The van der Waals surface area contributed by atoms with Crippen LogP contribution >= 0.6 is 0 Å². The minimum absolute atomic E-state index is 0.194. The van der Waals surface area contributed by atoms with Crippen LogP contribution in [-0.4, -0.2) is 35.1 Å². The number of nitrogens with one attached hydrogen (secondary N) is 1. The van der Waals surface area contributed by atoms with Gasteiger partial charge in [-0.15, -0.1) is 0 Å². The number of amides is 1. The molecule has 22 heavy (non-hydrogen) atoms. The van der Waals surface area contributed by atoms with Crippen LogP contribution in [0.3, 0.4) is 0 Å². The molecule has 0 aromatic heterocycles. The van der Waals surface area contributed by atoms with E-state index in [0.717, 1.165) is 10.8 Å². The largest absolute Gasteiger partial charge is 0.390 e. The molecule has 1 amide bonds. The highest BCUT2D eigenvalue weighted by molar-refractivity contribution is 5.93. The van der Waals surface area contributed by atoms with Gasteiger partial charge in [0, 0.05) is 24.6 Å². The molecule has 0 heterocycles. The molecule has 0 saturated heterocycles. The van der Waals surface area contributed by atoms with Crippen molar-refractivity contribution in [1.82, 2.24) is 5.32 Å². The molecule has 2 rings (SSSR count). The molecule has 0 fully saturated rings. The summed E-state index contributed by atoms with van der Waals surface area (Å²) in [5.41, 5.74) is 0.771. The monoisotopic (exact) mass is 301 g/mol. The maximum atomic E-state index is 11.3. The van der Waals surface area contributed by atoms with E-state index in [9.17, 15) is 19.8 Å². The predicted octanol–water partition coefficient (Wildman–Crippen LogP) is 1.57. The third-order valence-electron chi connectivity index (χ3n) is 3.61. The summed E-state index contributed by atoms with van der Waals surface area (Å²) in [5, 5.41) is 24.8. The van der Waals surface area contributed by atoms with Gasteiger partial charge in [-0.3, -0.25) is 9.59 Å². The summed E-state index contributed by atoms with van der Waals surface area (Å²) in [6.45, 7) is 1.65. The number of carbonyl (C=O) groups is 2. The molecule has 2 atom stereocenters. The Kier molecular flexibility index (Phi) is 5.25. The molecule has 0 aliphatic rings. The van der Waals surface area contributed by atoms with E-state index in [0.29, 0.717) is 17.4 Å². The van der Waals surface area contributed by atoms with Gasteiger partial charge in [0.15, 0.2) is 0 Å². The van der Waals surface area contributed by atoms with Crippen LogP contribution in [0.2, 0.25) is 0 Å². The Balaban J connectivity index is 2.31. The first kappa shape index (κ1) is 16.1. The summed E-state index contributed by atoms with van der Waals surface area (Å²) in [6.07, 6.45) is -1.40. The Labute approximate surface area is 128 Å². The standard InChI is InChI=1S/C17H19NO4/c1-11(20)18-9-8-15(21)17(22)16-13(10-19)7-6-12-4-2-3-5-14(12)16/h2-7,10,15,17,21-22H,8-9H2,1H3,(H,18,20). The van der Waals surface area contributed by atoms with Gasteiger partial charge in [-0.25, -0.2) is 0 Å².